The van der Waals surface area contributed by atoms with Crippen LogP contribution >= 0.6 is 0 Å². The summed E-state index contributed by atoms with van der Waals surface area (Å²) < 4.78 is 97.5. The molecule has 0 heterocycles. The first kappa shape index (κ1) is 29.7. The quantitative estimate of drug-likeness (QED) is 0.413. The second-order valence-corrected chi connectivity index (χ2v) is 6.89. The predicted molar refractivity (Wildman–Crippen MR) is 110 cm³/mol. The van der Waals surface area contributed by atoms with E-state index in [1.54, 1.807) is 0 Å². The Morgan fingerprint density at radius 1 is 0.969 bits per heavy atom. The Morgan fingerprint density at radius 2 is 1.50 bits per heavy atom. The van der Waals surface area contributed by atoms with E-state index in [0.717, 1.165) is 6.08 Å². The molecule has 1 N–H and O–H groups in total. The SMILES string of the molecule is CC.CC(C)CCC(O)C1=CCC(F)=C(C(F)(F)Oc2cc(F)cc(F)c2)C(F)=C1.CF. The topological polar surface area (TPSA) is 29.5 Å². The molecule has 1 atom stereocenters. The van der Waals surface area contributed by atoms with E-state index in [1.165, 1.54) is 0 Å². The van der Waals surface area contributed by atoms with E-state index in [9.17, 15) is 35.8 Å². The third-order valence-electron chi connectivity index (χ3n) is 4.10. The predicted octanol–water partition coefficient (Wildman–Crippen LogP) is 7.75. The van der Waals surface area contributed by atoms with Crippen molar-refractivity contribution in [3.63, 3.8) is 0 Å². The van der Waals surface area contributed by atoms with Gasteiger partial charge in [-0.05, 0) is 30.4 Å². The van der Waals surface area contributed by atoms with Crippen LogP contribution in [0.15, 0.2) is 53.2 Å². The molecule has 2 nitrogen and oxygen atoms in total. The van der Waals surface area contributed by atoms with Crippen molar-refractivity contribution in [3.8, 4) is 5.75 Å². The fraction of sp³-hybridized carbons (Fsp3) is 0.478. The van der Waals surface area contributed by atoms with Gasteiger partial charge in [0.05, 0.1) is 13.3 Å². The Bertz CT molecular complexity index is 794. The normalized spacial score (nSPS) is 14.9. The van der Waals surface area contributed by atoms with Crippen LogP contribution in [0.2, 0.25) is 0 Å². The highest BCUT2D eigenvalue weighted by molar-refractivity contribution is 5.43. The number of hydrogen-bond acceptors (Lipinski definition) is 2. The highest BCUT2D eigenvalue weighted by Gasteiger charge is 2.43. The van der Waals surface area contributed by atoms with Crippen LogP contribution in [0.25, 0.3) is 0 Å². The van der Waals surface area contributed by atoms with Crippen LogP contribution in [0.5, 0.6) is 5.75 Å². The molecule has 32 heavy (non-hydrogen) atoms. The van der Waals surface area contributed by atoms with Crippen molar-refractivity contribution in [1.29, 1.82) is 0 Å². The zero-order valence-electron chi connectivity index (χ0n) is 18.7. The number of hydrogen-bond donors (Lipinski definition) is 1. The highest BCUT2D eigenvalue weighted by atomic mass is 19.3. The van der Waals surface area contributed by atoms with Crippen molar-refractivity contribution in [3.05, 3.63) is 64.8 Å². The van der Waals surface area contributed by atoms with Crippen LogP contribution in [0, 0.1) is 17.6 Å². The first-order valence-corrected chi connectivity index (χ1v) is 10.0. The second-order valence-electron chi connectivity index (χ2n) is 6.89. The summed E-state index contributed by atoms with van der Waals surface area (Å²) in [5.41, 5.74) is -1.71. The van der Waals surface area contributed by atoms with E-state index >= 15 is 0 Å². The van der Waals surface area contributed by atoms with Gasteiger partial charge >= 0.3 is 6.11 Å². The number of halogens is 7. The number of benzene rings is 1. The summed E-state index contributed by atoms with van der Waals surface area (Å²) in [7, 11) is 0.500. The first-order valence-electron chi connectivity index (χ1n) is 10.0. The number of aliphatic hydroxyl groups excluding tert-OH is 1. The molecule has 2 rings (SSSR count). The van der Waals surface area contributed by atoms with Gasteiger partial charge in [-0.2, -0.15) is 8.78 Å². The fourth-order valence-corrected chi connectivity index (χ4v) is 2.69. The second kappa shape index (κ2) is 14.0. The van der Waals surface area contributed by atoms with Crippen LogP contribution in [-0.2, 0) is 0 Å². The average molecular weight is 470 g/mol. The largest absolute Gasteiger partial charge is 0.432 e. The number of ether oxygens (including phenoxy) is 1. The molecule has 1 aliphatic carbocycles. The molecule has 1 aliphatic rings. The van der Waals surface area contributed by atoms with E-state index in [2.05, 4.69) is 4.74 Å². The molecule has 0 spiro atoms. The zero-order chi connectivity index (χ0) is 25.1. The summed E-state index contributed by atoms with van der Waals surface area (Å²) in [4.78, 5) is 0. The highest BCUT2D eigenvalue weighted by Crippen LogP contribution is 2.39. The van der Waals surface area contributed by atoms with Gasteiger partial charge < -0.3 is 9.84 Å². The van der Waals surface area contributed by atoms with Gasteiger partial charge in [-0.3, -0.25) is 4.39 Å². The van der Waals surface area contributed by atoms with Crippen LogP contribution in [0.1, 0.15) is 47.0 Å². The van der Waals surface area contributed by atoms with Gasteiger partial charge in [0, 0.05) is 24.6 Å². The lowest BCUT2D eigenvalue weighted by molar-refractivity contribution is -0.143. The molecule has 0 radical (unpaired) electrons. The maximum absolute atomic E-state index is 14.4. The Balaban J connectivity index is 0.00000227. The molecule has 1 unspecified atom stereocenters. The molecule has 182 valence electrons. The van der Waals surface area contributed by atoms with Crippen LogP contribution in [-0.4, -0.2) is 24.5 Å². The van der Waals surface area contributed by atoms with Crippen molar-refractivity contribution in [2.75, 3.05) is 7.18 Å². The molecule has 0 fully saturated rings. The molecule has 0 amide bonds. The van der Waals surface area contributed by atoms with Crippen molar-refractivity contribution in [2.45, 2.75) is 59.2 Å². The third kappa shape index (κ3) is 9.06. The van der Waals surface area contributed by atoms with Crippen LogP contribution in [0.4, 0.5) is 30.7 Å². The van der Waals surface area contributed by atoms with Crippen molar-refractivity contribution in [2.24, 2.45) is 5.92 Å². The van der Waals surface area contributed by atoms with Gasteiger partial charge in [0.1, 0.15) is 34.6 Å². The van der Waals surface area contributed by atoms with Gasteiger partial charge in [0.2, 0.25) is 0 Å². The summed E-state index contributed by atoms with van der Waals surface area (Å²) >= 11 is 0. The lowest BCUT2D eigenvalue weighted by Crippen LogP contribution is -2.29. The van der Waals surface area contributed by atoms with E-state index in [1.807, 2.05) is 27.7 Å². The molecule has 1 aromatic carbocycles. The van der Waals surface area contributed by atoms with Crippen LogP contribution in [0.3, 0.4) is 0 Å². The maximum Gasteiger partial charge on any atom is 0.432 e. The molecular formula is C23H29F7O2. The van der Waals surface area contributed by atoms with Crippen molar-refractivity contribution < 1.29 is 40.6 Å². The molecule has 0 saturated carbocycles. The van der Waals surface area contributed by atoms with Crippen molar-refractivity contribution >= 4 is 0 Å². The Hall–Kier alpha value is -2.29. The Labute approximate surface area is 184 Å². The van der Waals surface area contributed by atoms with E-state index in [-0.39, 0.29) is 17.9 Å². The minimum atomic E-state index is -4.53. The lowest BCUT2D eigenvalue weighted by atomic mass is 9.99. The molecule has 0 saturated heterocycles. The summed E-state index contributed by atoms with van der Waals surface area (Å²) in [5, 5.41) is 10.1. The van der Waals surface area contributed by atoms with E-state index in [0.29, 0.717) is 37.9 Å². The molecule has 1 aromatic rings. The number of aliphatic hydroxyl groups is 1. The number of alkyl halides is 3. The minimum Gasteiger partial charge on any atom is -0.429 e. The summed E-state index contributed by atoms with van der Waals surface area (Å²) in [6, 6.07) is 1.37. The smallest absolute Gasteiger partial charge is 0.429 e. The van der Waals surface area contributed by atoms with E-state index in [4.69, 9.17) is 0 Å². The van der Waals surface area contributed by atoms with Gasteiger partial charge in [0.25, 0.3) is 0 Å². The molecule has 9 heteroatoms. The monoisotopic (exact) mass is 470 g/mol. The third-order valence-corrected chi connectivity index (χ3v) is 4.10. The molecule has 0 bridgehead atoms. The fourth-order valence-electron chi connectivity index (χ4n) is 2.69. The Kier molecular flexibility index (Phi) is 13.0. The van der Waals surface area contributed by atoms with E-state index < -0.39 is 53.2 Å². The maximum atomic E-state index is 14.4. The summed E-state index contributed by atoms with van der Waals surface area (Å²) in [6.45, 7) is 7.83. The average Bonchev–Trinajstić information content (AvgIpc) is 2.86. The van der Waals surface area contributed by atoms with Gasteiger partial charge in [-0.15, -0.1) is 0 Å². The lowest BCUT2D eigenvalue weighted by Gasteiger charge is -2.20. The Morgan fingerprint density at radius 3 is 2.00 bits per heavy atom. The molecule has 0 aliphatic heterocycles. The van der Waals surface area contributed by atoms with Gasteiger partial charge in [-0.1, -0.05) is 33.8 Å². The first-order chi connectivity index (χ1) is 15.0. The summed E-state index contributed by atoms with van der Waals surface area (Å²) in [6.07, 6.45) is -3.78. The van der Waals surface area contributed by atoms with Gasteiger partial charge in [0.15, 0.2) is 0 Å². The summed E-state index contributed by atoms with van der Waals surface area (Å²) in [5.74, 6) is -6.19. The standard InChI is InChI=1S/C20H20F6O2.C2H6.CH3F/c1-11(2)3-6-18(27)12-4-5-16(23)19(17(24)7-12)20(25,26)28-15-9-13(21)8-14(22)10-15;2*1-2/h4,7-11,18,27H,3,5-6H2,1-2H3;1-2H3;1H3. The molecule has 0 aromatic heterocycles. The minimum absolute atomic E-state index is 0.0316. The van der Waals surface area contributed by atoms with Crippen molar-refractivity contribution in [1.82, 2.24) is 0 Å². The number of rotatable bonds is 7. The van der Waals surface area contributed by atoms with Crippen LogP contribution < -0.4 is 4.74 Å². The zero-order valence-corrected chi connectivity index (χ0v) is 18.7. The number of allylic oxidation sites excluding steroid dienone is 2. The van der Waals surface area contributed by atoms with Gasteiger partial charge in [-0.25, -0.2) is 17.6 Å². The molecular weight excluding hydrogens is 441 g/mol.